The minimum Gasteiger partial charge on any atom is -0.412 e. The number of alkyl halides is 2. The van der Waals surface area contributed by atoms with Gasteiger partial charge in [0.1, 0.15) is 12.3 Å². The van der Waals surface area contributed by atoms with Gasteiger partial charge in [0.25, 0.3) is 0 Å². The minimum absolute atomic E-state index is 0. The molecular formula is C20H40F2O. The molecule has 0 saturated heterocycles. The molecule has 0 aromatic heterocycles. The molecule has 1 nitrogen and oxygen atoms in total. The highest BCUT2D eigenvalue weighted by molar-refractivity contribution is 4.94. The average Bonchev–Trinajstić information content (AvgIpc) is 2.52. The van der Waals surface area contributed by atoms with Crippen LogP contribution in [0.1, 0.15) is 80.9 Å². The molecule has 6 unspecified atom stereocenters. The van der Waals surface area contributed by atoms with Crippen LogP contribution in [0.3, 0.4) is 0 Å². The molecule has 23 heavy (non-hydrogen) atoms. The molecule has 140 valence electrons. The Hall–Kier alpha value is -0.180. The lowest BCUT2D eigenvalue weighted by atomic mass is 9.63. The molecule has 2 N–H and O–H groups in total. The Morgan fingerprint density at radius 2 is 1.39 bits per heavy atom. The Bertz CT molecular complexity index is 362. The van der Waals surface area contributed by atoms with E-state index in [0.717, 1.165) is 31.1 Å². The van der Waals surface area contributed by atoms with Crippen LogP contribution in [-0.4, -0.2) is 17.8 Å². The van der Waals surface area contributed by atoms with Crippen molar-refractivity contribution < 1.29 is 17.1 Å². The standard InChI is InChI=1S/C20H34F2.H2O.2H2/c1-13-3-5-15(6-4-13)7-8-16-9-10-17-11-14(2)19(21)20(22)18(17)12-16;;;/h13-20H,3-12H2,1-2H3;1H2;2*1H. The molecule has 0 amide bonds. The molecule has 3 rings (SSSR count). The van der Waals surface area contributed by atoms with Gasteiger partial charge in [-0.05, 0) is 54.8 Å². The van der Waals surface area contributed by atoms with Crippen LogP contribution in [-0.2, 0) is 0 Å². The maximum absolute atomic E-state index is 14.4. The van der Waals surface area contributed by atoms with Crippen molar-refractivity contribution in [1.82, 2.24) is 0 Å². The maximum atomic E-state index is 14.4. The van der Waals surface area contributed by atoms with Crippen molar-refractivity contribution in [2.24, 2.45) is 35.5 Å². The molecule has 6 atom stereocenters. The van der Waals surface area contributed by atoms with E-state index in [1.807, 2.05) is 6.92 Å². The van der Waals surface area contributed by atoms with Crippen molar-refractivity contribution in [3.63, 3.8) is 0 Å². The third-order valence-corrected chi connectivity index (χ3v) is 7.21. The molecule has 0 heterocycles. The van der Waals surface area contributed by atoms with Crippen LogP contribution in [0.5, 0.6) is 0 Å². The van der Waals surface area contributed by atoms with E-state index < -0.39 is 12.3 Å². The predicted molar refractivity (Wildman–Crippen MR) is 96.1 cm³/mol. The maximum Gasteiger partial charge on any atom is 0.134 e. The fourth-order valence-corrected chi connectivity index (χ4v) is 5.55. The van der Waals surface area contributed by atoms with Crippen molar-refractivity contribution in [1.29, 1.82) is 0 Å². The molecule has 0 aliphatic heterocycles. The van der Waals surface area contributed by atoms with Gasteiger partial charge in [-0.1, -0.05) is 58.8 Å². The highest BCUT2D eigenvalue weighted by Gasteiger charge is 2.46. The fraction of sp³-hybridized carbons (Fsp3) is 1.00. The first-order valence-corrected chi connectivity index (χ1v) is 9.82. The highest BCUT2D eigenvalue weighted by atomic mass is 19.2. The normalized spacial score (nSPS) is 47.5. The summed E-state index contributed by atoms with van der Waals surface area (Å²) in [5.74, 6) is 2.91. The lowest BCUT2D eigenvalue weighted by molar-refractivity contribution is -0.0372. The van der Waals surface area contributed by atoms with Crippen molar-refractivity contribution >= 4 is 0 Å². The van der Waals surface area contributed by atoms with Crippen LogP contribution in [0, 0.1) is 35.5 Å². The molecule has 3 aliphatic carbocycles. The van der Waals surface area contributed by atoms with Crippen molar-refractivity contribution in [3.8, 4) is 0 Å². The summed E-state index contributed by atoms with van der Waals surface area (Å²) in [6.45, 7) is 4.26. The summed E-state index contributed by atoms with van der Waals surface area (Å²) in [4.78, 5) is 0. The smallest absolute Gasteiger partial charge is 0.134 e. The number of halogens is 2. The van der Waals surface area contributed by atoms with E-state index >= 15 is 0 Å². The van der Waals surface area contributed by atoms with Crippen LogP contribution in [0.2, 0.25) is 0 Å². The van der Waals surface area contributed by atoms with Crippen molar-refractivity contribution in [2.45, 2.75) is 90.4 Å². The SMILES string of the molecule is CC1CCC(CCC2CCC3CC(C)C(F)C(F)C3C2)CC1.O.[HH].[HH]. The van der Waals surface area contributed by atoms with Gasteiger partial charge in [-0.15, -0.1) is 0 Å². The molecule has 3 fully saturated rings. The van der Waals surface area contributed by atoms with Crippen LogP contribution in [0.4, 0.5) is 8.78 Å². The summed E-state index contributed by atoms with van der Waals surface area (Å²) < 4.78 is 28.4. The minimum atomic E-state index is -1.21. The average molecular weight is 335 g/mol. The van der Waals surface area contributed by atoms with Gasteiger partial charge in [0, 0.05) is 2.85 Å². The lowest BCUT2D eigenvalue weighted by Gasteiger charge is -2.45. The van der Waals surface area contributed by atoms with E-state index in [-0.39, 0.29) is 20.2 Å². The summed E-state index contributed by atoms with van der Waals surface area (Å²) in [5.41, 5.74) is 0. The molecular weight excluding hydrogens is 294 g/mol. The first-order valence-electron chi connectivity index (χ1n) is 9.82. The number of fused-ring (bicyclic) bond motifs is 1. The Morgan fingerprint density at radius 1 is 0.783 bits per heavy atom. The summed E-state index contributed by atoms with van der Waals surface area (Å²) in [5, 5.41) is 0. The molecule has 0 spiro atoms. The molecule has 0 aromatic rings. The summed E-state index contributed by atoms with van der Waals surface area (Å²) >= 11 is 0. The first-order chi connectivity index (χ1) is 10.5. The number of rotatable bonds is 3. The van der Waals surface area contributed by atoms with Gasteiger partial charge in [0.15, 0.2) is 0 Å². The van der Waals surface area contributed by atoms with Gasteiger partial charge in [-0.25, -0.2) is 8.78 Å². The van der Waals surface area contributed by atoms with Crippen LogP contribution in [0.25, 0.3) is 0 Å². The van der Waals surface area contributed by atoms with Gasteiger partial charge in [0.2, 0.25) is 0 Å². The third-order valence-electron chi connectivity index (χ3n) is 7.21. The summed E-state index contributed by atoms with van der Waals surface area (Å²) in [6.07, 6.45) is 10.1. The van der Waals surface area contributed by atoms with E-state index in [2.05, 4.69) is 6.92 Å². The first kappa shape index (κ1) is 19.1. The van der Waals surface area contributed by atoms with E-state index in [9.17, 15) is 8.78 Å². The van der Waals surface area contributed by atoms with Crippen LogP contribution in [0.15, 0.2) is 0 Å². The summed E-state index contributed by atoms with van der Waals surface area (Å²) in [6, 6.07) is 0. The molecule has 0 bridgehead atoms. The monoisotopic (exact) mass is 334 g/mol. The Kier molecular flexibility index (Phi) is 6.88. The second-order valence-corrected chi connectivity index (χ2v) is 8.91. The lowest BCUT2D eigenvalue weighted by Crippen LogP contribution is -2.45. The second kappa shape index (κ2) is 8.27. The van der Waals surface area contributed by atoms with Crippen molar-refractivity contribution in [2.75, 3.05) is 0 Å². The van der Waals surface area contributed by atoms with E-state index in [0.29, 0.717) is 11.8 Å². The zero-order chi connectivity index (χ0) is 15.7. The Labute approximate surface area is 143 Å². The highest BCUT2D eigenvalue weighted by Crippen LogP contribution is 2.48. The molecule has 3 heteroatoms. The zero-order valence-corrected chi connectivity index (χ0v) is 14.9. The van der Waals surface area contributed by atoms with E-state index in [1.54, 1.807) is 0 Å². The number of hydrogen-bond donors (Lipinski definition) is 0. The Morgan fingerprint density at radius 3 is 2.09 bits per heavy atom. The second-order valence-electron chi connectivity index (χ2n) is 8.91. The summed E-state index contributed by atoms with van der Waals surface area (Å²) in [7, 11) is 0. The zero-order valence-electron chi connectivity index (χ0n) is 14.9. The van der Waals surface area contributed by atoms with Gasteiger partial charge < -0.3 is 5.48 Å². The molecule has 3 saturated carbocycles. The van der Waals surface area contributed by atoms with Crippen molar-refractivity contribution in [3.05, 3.63) is 0 Å². The van der Waals surface area contributed by atoms with Crippen LogP contribution >= 0.6 is 0 Å². The third kappa shape index (κ3) is 4.46. The predicted octanol–water partition coefficient (Wildman–Crippen LogP) is 6.01. The van der Waals surface area contributed by atoms with Gasteiger partial charge in [0.05, 0.1) is 0 Å². The van der Waals surface area contributed by atoms with Gasteiger partial charge >= 0.3 is 0 Å². The number of hydrogen-bond acceptors (Lipinski definition) is 0. The molecule has 3 aliphatic rings. The van der Waals surface area contributed by atoms with Gasteiger partial charge in [-0.2, -0.15) is 0 Å². The van der Waals surface area contributed by atoms with E-state index in [4.69, 9.17) is 0 Å². The molecule has 0 radical (unpaired) electrons. The van der Waals surface area contributed by atoms with E-state index in [1.165, 1.54) is 44.9 Å². The molecule has 0 aromatic carbocycles. The largest absolute Gasteiger partial charge is 0.412 e. The topological polar surface area (TPSA) is 31.5 Å². The van der Waals surface area contributed by atoms with Crippen LogP contribution < -0.4 is 0 Å². The quantitative estimate of drug-likeness (QED) is 0.605. The Balaban J connectivity index is 0.00000192. The van der Waals surface area contributed by atoms with Gasteiger partial charge in [-0.3, -0.25) is 0 Å². The fourth-order valence-electron chi connectivity index (χ4n) is 5.55.